The smallest absolute Gasteiger partial charge is 0.232 e. The van der Waals surface area contributed by atoms with E-state index in [1.54, 1.807) is 18.2 Å². The molecule has 0 spiro atoms. The number of nitrogens with two attached hydrogens (primary N) is 1. The van der Waals surface area contributed by atoms with Crippen molar-refractivity contribution >= 4 is 22.7 Å². The van der Waals surface area contributed by atoms with E-state index < -0.39 is 0 Å². The van der Waals surface area contributed by atoms with E-state index in [-0.39, 0.29) is 18.1 Å². The maximum absolute atomic E-state index is 13.1. The van der Waals surface area contributed by atoms with Crippen LogP contribution in [0.25, 0.3) is 22.1 Å². The molecule has 0 aliphatic rings. The van der Waals surface area contributed by atoms with Crippen LogP contribution in [-0.2, 0) is 11.2 Å². The van der Waals surface area contributed by atoms with E-state index in [2.05, 4.69) is 0 Å². The second-order valence-corrected chi connectivity index (χ2v) is 7.14. The number of primary amides is 1. The average Bonchev–Trinajstić information content (AvgIpc) is 3.08. The summed E-state index contributed by atoms with van der Waals surface area (Å²) in [6.45, 7) is 1.88. The molecule has 3 aromatic carbocycles. The van der Waals surface area contributed by atoms with E-state index in [1.807, 2.05) is 55.5 Å². The number of carbonyl (C=O) groups is 2. The molecule has 0 unspecified atom stereocenters. The fraction of sp³-hybridized carbons (Fsp3) is 0.120. The summed E-state index contributed by atoms with van der Waals surface area (Å²) in [6, 6.07) is 20.6. The zero-order valence-corrected chi connectivity index (χ0v) is 16.8. The number of ketones is 1. The van der Waals surface area contributed by atoms with Crippen LogP contribution in [0.3, 0.4) is 0 Å². The fourth-order valence-electron chi connectivity index (χ4n) is 3.64. The highest BCUT2D eigenvalue weighted by atomic mass is 16.5. The molecule has 0 fully saturated rings. The zero-order valence-electron chi connectivity index (χ0n) is 16.8. The van der Waals surface area contributed by atoms with E-state index in [0.717, 1.165) is 27.6 Å². The van der Waals surface area contributed by atoms with Crippen LogP contribution in [0.5, 0.6) is 5.75 Å². The topological polar surface area (TPSA) is 82.5 Å². The SMILES string of the molecule is COc1ccccc1C(=O)c1oc2cc(-c3cccc(CC(N)=O)c3)ccc2c1C. The Hall–Kier alpha value is -3.86. The summed E-state index contributed by atoms with van der Waals surface area (Å²) in [5.74, 6) is 0.221. The van der Waals surface area contributed by atoms with Crippen molar-refractivity contribution in [2.75, 3.05) is 7.11 Å². The van der Waals surface area contributed by atoms with Crippen molar-refractivity contribution in [2.45, 2.75) is 13.3 Å². The molecule has 0 bridgehead atoms. The largest absolute Gasteiger partial charge is 0.496 e. The maximum Gasteiger partial charge on any atom is 0.232 e. The van der Waals surface area contributed by atoms with Crippen LogP contribution in [0.4, 0.5) is 0 Å². The number of carbonyl (C=O) groups excluding carboxylic acids is 2. The Morgan fingerprint density at radius 1 is 0.967 bits per heavy atom. The highest BCUT2D eigenvalue weighted by molar-refractivity contribution is 6.12. The van der Waals surface area contributed by atoms with E-state index in [9.17, 15) is 9.59 Å². The quantitative estimate of drug-likeness (QED) is 0.478. The molecule has 1 amide bonds. The van der Waals surface area contributed by atoms with Crippen LogP contribution in [0, 0.1) is 6.92 Å². The first kappa shape index (κ1) is 19.5. The molecule has 0 radical (unpaired) electrons. The molecule has 4 aromatic rings. The number of ether oxygens (including phenoxy) is 1. The number of hydrogen-bond acceptors (Lipinski definition) is 4. The molecule has 0 aliphatic heterocycles. The summed E-state index contributed by atoms with van der Waals surface area (Å²) < 4.78 is 11.3. The van der Waals surface area contributed by atoms with Gasteiger partial charge in [0.1, 0.15) is 11.3 Å². The molecular formula is C25H21NO4. The summed E-state index contributed by atoms with van der Waals surface area (Å²) in [5, 5.41) is 0.880. The van der Waals surface area contributed by atoms with Gasteiger partial charge in [-0.3, -0.25) is 9.59 Å². The maximum atomic E-state index is 13.1. The number of para-hydroxylation sites is 1. The number of methoxy groups -OCH3 is 1. The first-order valence-corrected chi connectivity index (χ1v) is 9.56. The first-order valence-electron chi connectivity index (χ1n) is 9.56. The van der Waals surface area contributed by atoms with Crippen LogP contribution in [0.15, 0.2) is 71.1 Å². The van der Waals surface area contributed by atoms with Gasteiger partial charge in [0.15, 0.2) is 5.76 Å². The summed E-state index contributed by atoms with van der Waals surface area (Å²) in [4.78, 5) is 24.3. The van der Waals surface area contributed by atoms with Crippen LogP contribution >= 0.6 is 0 Å². The van der Waals surface area contributed by atoms with Crippen LogP contribution in [-0.4, -0.2) is 18.8 Å². The minimum Gasteiger partial charge on any atom is -0.496 e. The normalized spacial score (nSPS) is 10.9. The molecule has 5 nitrogen and oxygen atoms in total. The number of benzene rings is 3. The Morgan fingerprint density at radius 2 is 1.73 bits per heavy atom. The second kappa shape index (κ2) is 7.87. The van der Waals surface area contributed by atoms with Gasteiger partial charge in [0.2, 0.25) is 11.7 Å². The molecule has 0 atom stereocenters. The fourth-order valence-corrected chi connectivity index (χ4v) is 3.64. The lowest BCUT2D eigenvalue weighted by Crippen LogP contribution is -2.13. The van der Waals surface area contributed by atoms with Gasteiger partial charge in [0.05, 0.1) is 19.1 Å². The van der Waals surface area contributed by atoms with Crippen molar-refractivity contribution in [3.8, 4) is 16.9 Å². The number of hydrogen-bond donors (Lipinski definition) is 1. The molecule has 1 heterocycles. The van der Waals surface area contributed by atoms with Crippen molar-refractivity contribution in [1.82, 2.24) is 0 Å². The third kappa shape index (κ3) is 3.57. The molecule has 1 aromatic heterocycles. The molecule has 0 saturated carbocycles. The predicted octanol–water partition coefficient (Wildman–Crippen LogP) is 4.68. The molecule has 4 rings (SSSR count). The summed E-state index contributed by atoms with van der Waals surface area (Å²) >= 11 is 0. The standard InChI is InChI=1S/C25H21NO4/c1-15-19-11-10-18(17-7-5-6-16(12-17)13-23(26)27)14-22(19)30-25(15)24(28)20-8-3-4-9-21(20)29-2/h3-12,14H,13H2,1-2H3,(H2,26,27). The van der Waals surface area contributed by atoms with Crippen molar-refractivity contribution in [2.24, 2.45) is 5.73 Å². The van der Waals surface area contributed by atoms with Gasteiger partial charge in [-0.15, -0.1) is 0 Å². The highest BCUT2D eigenvalue weighted by Crippen LogP contribution is 2.32. The Labute approximate surface area is 174 Å². The minimum atomic E-state index is -0.372. The molecule has 30 heavy (non-hydrogen) atoms. The highest BCUT2D eigenvalue weighted by Gasteiger charge is 2.22. The predicted molar refractivity (Wildman–Crippen MR) is 116 cm³/mol. The average molecular weight is 399 g/mol. The van der Waals surface area contributed by atoms with Gasteiger partial charge in [-0.25, -0.2) is 0 Å². The van der Waals surface area contributed by atoms with Gasteiger partial charge >= 0.3 is 0 Å². The minimum absolute atomic E-state index is 0.188. The Kier molecular flexibility index (Phi) is 5.11. The van der Waals surface area contributed by atoms with Crippen molar-refractivity contribution in [3.05, 3.63) is 89.2 Å². The number of fused-ring (bicyclic) bond motifs is 1. The van der Waals surface area contributed by atoms with Crippen molar-refractivity contribution in [3.63, 3.8) is 0 Å². The van der Waals surface area contributed by atoms with Gasteiger partial charge in [-0.2, -0.15) is 0 Å². The lowest BCUT2D eigenvalue weighted by molar-refractivity contribution is -0.117. The Bertz CT molecular complexity index is 1270. The Balaban J connectivity index is 1.75. The number of rotatable bonds is 6. The summed E-state index contributed by atoms with van der Waals surface area (Å²) in [7, 11) is 1.54. The van der Waals surface area contributed by atoms with Crippen LogP contribution in [0.2, 0.25) is 0 Å². The molecule has 150 valence electrons. The van der Waals surface area contributed by atoms with E-state index >= 15 is 0 Å². The van der Waals surface area contributed by atoms with E-state index in [1.165, 1.54) is 7.11 Å². The third-order valence-corrected chi connectivity index (χ3v) is 5.13. The molecule has 0 aliphatic carbocycles. The Morgan fingerprint density at radius 3 is 2.50 bits per heavy atom. The van der Waals surface area contributed by atoms with Gasteiger partial charge < -0.3 is 14.9 Å². The molecule has 2 N–H and O–H groups in total. The van der Waals surface area contributed by atoms with Crippen LogP contribution < -0.4 is 10.5 Å². The van der Waals surface area contributed by atoms with E-state index in [0.29, 0.717) is 22.7 Å². The van der Waals surface area contributed by atoms with E-state index in [4.69, 9.17) is 14.9 Å². The summed E-state index contributed by atoms with van der Waals surface area (Å²) in [5.41, 5.74) is 9.91. The van der Waals surface area contributed by atoms with Gasteiger partial charge in [0, 0.05) is 10.9 Å². The first-order chi connectivity index (χ1) is 14.5. The van der Waals surface area contributed by atoms with Crippen molar-refractivity contribution in [1.29, 1.82) is 0 Å². The third-order valence-electron chi connectivity index (χ3n) is 5.13. The zero-order chi connectivity index (χ0) is 21.3. The number of amides is 1. The summed E-state index contributed by atoms with van der Waals surface area (Å²) in [6.07, 6.45) is 0.188. The number of furan rings is 1. The van der Waals surface area contributed by atoms with Gasteiger partial charge in [0.25, 0.3) is 0 Å². The van der Waals surface area contributed by atoms with Gasteiger partial charge in [-0.05, 0) is 41.8 Å². The van der Waals surface area contributed by atoms with Gasteiger partial charge in [-0.1, -0.05) is 48.5 Å². The monoisotopic (exact) mass is 399 g/mol. The van der Waals surface area contributed by atoms with Crippen molar-refractivity contribution < 1.29 is 18.7 Å². The molecule has 0 saturated heterocycles. The second-order valence-electron chi connectivity index (χ2n) is 7.14. The molecule has 5 heteroatoms. The lowest BCUT2D eigenvalue weighted by Gasteiger charge is -2.05. The van der Waals surface area contributed by atoms with Crippen LogP contribution in [0.1, 0.15) is 27.2 Å². The number of aryl methyl sites for hydroxylation is 1. The molecular weight excluding hydrogens is 378 g/mol. The lowest BCUT2D eigenvalue weighted by atomic mass is 9.99.